The van der Waals surface area contributed by atoms with Crippen molar-refractivity contribution in [1.29, 1.82) is 0 Å². The third-order valence-corrected chi connectivity index (χ3v) is 4.33. The molecule has 1 fully saturated rings. The predicted molar refractivity (Wildman–Crippen MR) is 70.0 cm³/mol. The van der Waals surface area contributed by atoms with Crippen LogP contribution in [0.3, 0.4) is 0 Å². The smallest absolute Gasteiger partial charge is 0.397 e. The fraction of sp³-hybridized carbons (Fsp3) is 0.500. The first-order valence-corrected chi connectivity index (χ1v) is 6.82. The summed E-state index contributed by atoms with van der Waals surface area (Å²) in [5.41, 5.74) is 5.90. The Morgan fingerprint density at radius 3 is 2.61 bits per heavy atom. The van der Waals surface area contributed by atoms with Crippen molar-refractivity contribution < 1.29 is 13.2 Å². The molecular weight excluding hydrogens is 261 g/mol. The quantitative estimate of drug-likeness (QED) is 0.841. The second kappa shape index (κ2) is 4.91. The number of alkyl halides is 3. The third-order valence-electron chi connectivity index (χ3n) is 3.19. The minimum Gasteiger partial charge on any atom is -0.397 e. The van der Waals surface area contributed by atoms with Gasteiger partial charge < -0.3 is 10.6 Å². The number of hydrogen-bond acceptors (Lipinski definition) is 3. The number of nitrogen functional groups attached to an aromatic ring is 1. The van der Waals surface area contributed by atoms with Crippen molar-refractivity contribution in [2.45, 2.75) is 18.6 Å². The molecule has 1 aromatic carbocycles. The first-order valence-electron chi connectivity index (χ1n) is 5.67. The summed E-state index contributed by atoms with van der Waals surface area (Å²) in [7, 11) is 1.88. The zero-order valence-corrected chi connectivity index (χ0v) is 10.8. The Balaban J connectivity index is 2.24. The summed E-state index contributed by atoms with van der Waals surface area (Å²) in [6.45, 7) is 0. The molecule has 0 aromatic heterocycles. The molecule has 0 spiro atoms. The number of anilines is 2. The first-order chi connectivity index (χ1) is 8.39. The molecule has 2 rings (SSSR count). The molecule has 18 heavy (non-hydrogen) atoms. The Morgan fingerprint density at radius 1 is 1.39 bits per heavy atom. The van der Waals surface area contributed by atoms with Crippen molar-refractivity contribution in [3.63, 3.8) is 0 Å². The standard InChI is InChI=1S/C12H15F3N2S/c1-17(9-4-5-18-7-9)11-3-2-8(6-10(11)16)12(13,14)15/h2-3,6,9H,4-5,7,16H2,1H3. The van der Waals surface area contributed by atoms with Crippen molar-refractivity contribution >= 4 is 23.1 Å². The van der Waals surface area contributed by atoms with Gasteiger partial charge in [-0.15, -0.1) is 0 Å². The van der Waals surface area contributed by atoms with Gasteiger partial charge in [0.1, 0.15) is 0 Å². The van der Waals surface area contributed by atoms with Gasteiger partial charge in [0.05, 0.1) is 16.9 Å². The molecule has 1 aliphatic heterocycles. The number of halogens is 3. The number of benzene rings is 1. The molecule has 6 heteroatoms. The zero-order chi connectivity index (χ0) is 13.3. The fourth-order valence-electron chi connectivity index (χ4n) is 2.08. The van der Waals surface area contributed by atoms with E-state index in [1.54, 1.807) is 0 Å². The number of nitrogens with two attached hydrogens (primary N) is 1. The lowest BCUT2D eigenvalue weighted by Gasteiger charge is -2.27. The van der Waals surface area contributed by atoms with Gasteiger partial charge in [-0.3, -0.25) is 0 Å². The highest BCUT2D eigenvalue weighted by atomic mass is 32.2. The normalized spacial score (nSPS) is 20.1. The van der Waals surface area contributed by atoms with Crippen LogP contribution in [0.4, 0.5) is 24.5 Å². The molecule has 1 heterocycles. The van der Waals surface area contributed by atoms with Gasteiger partial charge in [0.25, 0.3) is 0 Å². The van der Waals surface area contributed by atoms with Crippen LogP contribution in [0.15, 0.2) is 18.2 Å². The molecule has 0 bridgehead atoms. The van der Waals surface area contributed by atoms with Gasteiger partial charge in [-0.1, -0.05) is 0 Å². The molecule has 1 atom stereocenters. The van der Waals surface area contributed by atoms with Gasteiger partial charge in [0.15, 0.2) is 0 Å². The maximum Gasteiger partial charge on any atom is 0.416 e. The molecule has 2 nitrogen and oxygen atoms in total. The summed E-state index contributed by atoms with van der Waals surface area (Å²) >= 11 is 1.86. The topological polar surface area (TPSA) is 29.3 Å². The number of nitrogens with zero attached hydrogens (tertiary/aromatic N) is 1. The molecule has 1 saturated heterocycles. The van der Waals surface area contributed by atoms with Crippen LogP contribution in [0.5, 0.6) is 0 Å². The Labute approximate surface area is 108 Å². The molecule has 0 aliphatic carbocycles. The van der Waals surface area contributed by atoms with E-state index in [4.69, 9.17) is 5.73 Å². The largest absolute Gasteiger partial charge is 0.416 e. The highest BCUT2D eigenvalue weighted by Crippen LogP contribution is 2.35. The van der Waals surface area contributed by atoms with Crippen LogP contribution in [0.25, 0.3) is 0 Å². The number of thioether (sulfide) groups is 1. The molecule has 2 N–H and O–H groups in total. The van der Waals surface area contributed by atoms with Crippen molar-refractivity contribution in [2.75, 3.05) is 29.2 Å². The minimum atomic E-state index is -4.34. The number of hydrogen-bond donors (Lipinski definition) is 1. The monoisotopic (exact) mass is 276 g/mol. The van der Waals surface area contributed by atoms with Crippen LogP contribution in [-0.2, 0) is 6.18 Å². The number of rotatable bonds is 2. The summed E-state index contributed by atoms with van der Waals surface area (Å²) in [5, 5.41) is 0. The summed E-state index contributed by atoms with van der Waals surface area (Å²) in [6, 6.07) is 3.91. The Kier molecular flexibility index (Phi) is 3.66. The van der Waals surface area contributed by atoms with Crippen molar-refractivity contribution in [2.24, 2.45) is 0 Å². The highest BCUT2D eigenvalue weighted by Gasteiger charge is 2.31. The minimum absolute atomic E-state index is 0.184. The third kappa shape index (κ3) is 2.68. The Bertz CT molecular complexity index is 428. The van der Waals surface area contributed by atoms with E-state index in [1.807, 2.05) is 23.7 Å². The molecule has 1 aromatic rings. The van der Waals surface area contributed by atoms with E-state index < -0.39 is 11.7 Å². The second-order valence-corrected chi connectivity index (χ2v) is 5.55. The SMILES string of the molecule is CN(c1ccc(C(F)(F)F)cc1N)C1CCSC1. The van der Waals surface area contributed by atoms with Gasteiger partial charge in [-0.25, -0.2) is 0 Å². The molecule has 1 unspecified atom stereocenters. The van der Waals surface area contributed by atoms with Gasteiger partial charge >= 0.3 is 6.18 Å². The average molecular weight is 276 g/mol. The van der Waals surface area contributed by atoms with Crippen LogP contribution in [-0.4, -0.2) is 24.6 Å². The summed E-state index contributed by atoms with van der Waals surface area (Å²) in [4.78, 5) is 1.98. The predicted octanol–water partition coefficient (Wildman–Crippen LogP) is 3.23. The first kappa shape index (κ1) is 13.4. The van der Waals surface area contributed by atoms with Crippen LogP contribution < -0.4 is 10.6 Å². The highest BCUT2D eigenvalue weighted by molar-refractivity contribution is 7.99. The van der Waals surface area contributed by atoms with Crippen molar-refractivity contribution in [3.8, 4) is 0 Å². The Morgan fingerprint density at radius 2 is 2.11 bits per heavy atom. The van der Waals surface area contributed by atoms with E-state index in [0.717, 1.165) is 30.1 Å². The van der Waals surface area contributed by atoms with E-state index in [2.05, 4.69) is 0 Å². The average Bonchev–Trinajstić information content (AvgIpc) is 2.80. The molecule has 100 valence electrons. The molecule has 0 amide bonds. The van der Waals surface area contributed by atoms with Crippen LogP contribution in [0, 0.1) is 0 Å². The molecule has 0 saturated carbocycles. The zero-order valence-electron chi connectivity index (χ0n) is 10.00. The van der Waals surface area contributed by atoms with Crippen LogP contribution in [0.1, 0.15) is 12.0 Å². The Hall–Kier alpha value is -1.04. The van der Waals surface area contributed by atoms with Crippen LogP contribution in [0.2, 0.25) is 0 Å². The van der Waals surface area contributed by atoms with E-state index in [-0.39, 0.29) is 5.69 Å². The summed E-state index contributed by atoms with van der Waals surface area (Å²) < 4.78 is 37.6. The maximum absolute atomic E-state index is 12.5. The molecular formula is C12H15F3N2S. The van der Waals surface area contributed by atoms with E-state index >= 15 is 0 Å². The fourth-order valence-corrected chi connectivity index (χ4v) is 3.34. The van der Waals surface area contributed by atoms with Crippen molar-refractivity contribution in [3.05, 3.63) is 23.8 Å². The van der Waals surface area contributed by atoms with E-state index in [9.17, 15) is 13.2 Å². The van der Waals surface area contributed by atoms with Gasteiger partial charge in [-0.05, 0) is 30.4 Å². The van der Waals surface area contributed by atoms with E-state index in [1.165, 1.54) is 6.07 Å². The lowest BCUT2D eigenvalue weighted by molar-refractivity contribution is -0.137. The summed E-state index contributed by atoms with van der Waals surface area (Å²) in [6.07, 6.45) is -3.30. The lowest BCUT2D eigenvalue weighted by Crippen LogP contribution is -2.31. The summed E-state index contributed by atoms with van der Waals surface area (Å²) in [5.74, 6) is 2.09. The lowest BCUT2D eigenvalue weighted by atomic mass is 10.1. The van der Waals surface area contributed by atoms with Gasteiger partial charge in [0, 0.05) is 18.8 Å². The van der Waals surface area contributed by atoms with Crippen LogP contribution >= 0.6 is 11.8 Å². The van der Waals surface area contributed by atoms with Gasteiger partial charge in [-0.2, -0.15) is 24.9 Å². The van der Waals surface area contributed by atoms with E-state index in [0.29, 0.717) is 11.7 Å². The maximum atomic E-state index is 12.5. The second-order valence-electron chi connectivity index (χ2n) is 4.40. The van der Waals surface area contributed by atoms with Crippen molar-refractivity contribution in [1.82, 2.24) is 0 Å². The molecule has 1 aliphatic rings. The van der Waals surface area contributed by atoms with Gasteiger partial charge in [0.2, 0.25) is 0 Å². The molecule has 0 radical (unpaired) electrons.